The summed E-state index contributed by atoms with van der Waals surface area (Å²) in [4.78, 5) is 22.4. The van der Waals surface area contributed by atoms with Gasteiger partial charge in [0.15, 0.2) is 5.69 Å². The predicted octanol–water partition coefficient (Wildman–Crippen LogP) is 1.02. The molecular formula is C9H9F3N2O4. The number of alkyl halides is 3. The largest absolute Gasteiger partial charge is 0.464 e. The molecule has 0 radical (unpaired) electrons. The summed E-state index contributed by atoms with van der Waals surface area (Å²) < 4.78 is 45.7. The molecule has 1 aromatic heterocycles. The van der Waals surface area contributed by atoms with Gasteiger partial charge in [-0.05, 0) is 0 Å². The molecule has 1 aromatic rings. The molecule has 9 heteroatoms. The SMILES string of the molecule is COC(=O)c1cc(C(=O)OC)n(CC(F)(F)F)n1. The van der Waals surface area contributed by atoms with Crippen molar-refractivity contribution in [1.29, 1.82) is 0 Å². The predicted molar refractivity (Wildman–Crippen MR) is 51.0 cm³/mol. The van der Waals surface area contributed by atoms with Gasteiger partial charge >= 0.3 is 18.1 Å². The molecule has 100 valence electrons. The number of halogens is 3. The Kier molecular flexibility index (Phi) is 3.94. The number of esters is 2. The lowest BCUT2D eigenvalue weighted by atomic mass is 10.3. The van der Waals surface area contributed by atoms with E-state index in [4.69, 9.17) is 0 Å². The highest BCUT2D eigenvalue weighted by Gasteiger charge is 2.32. The van der Waals surface area contributed by atoms with Crippen molar-refractivity contribution in [3.8, 4) is 0 Å². The second kappa shape index (κ2) is 5.07. The molecule has 0 saturated heterocycles. The van der Waals surface area contributed by atoms with Gasteiger partial charge in [0.25, 0.3) is 0 Å². The molecule has 0 saturated carbocycles. The fourth-order valence-corrected chi connectivity index (χ4v) is 1.18. The Morgan fingerprint density at radius 2 is 1.83 bits per heavy atom. The summed E-state index contributed by atoms with van der Waals surface area (Å²) in [6.45, 7) is -1.51. The Labute approximate surface area is 99.3 Å². The molecule has 0 aliphatic rings. The molecule has 0 amide bonds. The van der Waals surface area contributed by atoms with Gasteiger partial charge in [-0.1, -0.05) is 0 Å². The lowest BCUT2D eigenvalue weighted by Crippen LogP contribution is -2.22. The van der Waals surface area contributed by atoms with E-state index in [0.29, 0.717) is 4.68 Å². The van der Waals surface area contributed by atoms with Gasteiger partial charge in [-0.2, -0.15) is 18.3 Å². The number of hydrogen-bond acceptors (Lipinski definition) is 5. The van der Waals surface area contributed by atoms with Crippen molar-refractivity contribution in [3.05, 3.63) is 17.5 Å². The first-order valence-electron chi connectivity index (χ1n) is 4.59. The standard InChI is InChI=1S/C9H9F3N2O4/c1-17-7(15)5-3-6(8(16)18-2)14(13-5)4-9(10,11)12/h3H,4H2,1-2H3. The van der Waals surface area contributed by atoms with Crippen LogP contribution in [-0.2, 0) is 16.0 Å². The van der Waals surface area contributed by atoms with Crippen molar-refractivity contribution < 1.29 is 32.2 Å². The van der Waals surface area contributed by atoms with Crippen LogP contribution in [0.5, 0.6) is 0 Å². The number of rotatable bonds is 3. The maximum absolute atomic E-state index is 12.3. The summed E-state index contributed by atoms with van der Waals surface area (Å²) in [6.07, 6.45) is -4.58. The highest BCUT2D eigenvalue weighted by Crippen LogP contribution is 2.19. The average molecular weight is 266 g/mol. The van der Waals surface area contributed by atoms with Crippen LogP contribution in [0.25, 0.3) is 0 Å². The maximum Gasteiger partial charge on any atom is 0.408 e. The highest BCUT2D eigenvalue weighted by atomic mass is 19.4. The van der Waals surface area contributed by atoms with E-state index in [0.717, 1.165) is 20.3 Å². The molecule has 0 aliphatic carbocycles. The number of nitrogens with zero attached hydrogens (tertiary/aromatic N) is 2. The minimum absolute atomic E-state index is 0.345. The van der Waals surface area contributed by atoms with Crippen LogP contribution in [0, 0.1) is 0 Å². The van der Waals surface area contributed by atoms with Crippen LogP contribution in [0.15, 0.2) is 6.07 Å². The fourth-order valence-electron chi connectivity index (χ4n) is 1.18. The summed E-state index contributed by atoms with van der Waals surface area (Å²) in [7, 11) is 2.05. The Bertz CT molecular complexity index is 467. The third kappa shape index (κ3) is 3.22. The Morgan fingerprint density at radius 3 is 2.28 bits per heavy atom. The van der Waals surface area contributed by atoms with Gasteiger partial charge < -0.3 is 9.47 Å². The van der Waals surface area contributed by atoms with E-state index in [1.54, 1.807) is 0 Å². The second-order valence-electron chi connectivity index (χ2n) is 3.17. The van der Waals surface area contributed by atoms with Gasteiger partial charge in [0, 0.05) is 6.07 Å². The van der Waals surface area contributed by atoms with Crippen LogP contribution in [0.3, 0.4) is 0 Å². The van der Waals surface area contributed by atoms with Crippen molar-refractivity contribution in [2.24, 2.45) is 0 Å². The number of aromatic nitrogens is 2. The van der Waals surface area contributed by atoms with Crippen molar-refractivity contribution >= 4 is 11.9 Å². The molecule has 0 spiro atoms. The third-order valence-corrected chi connectivity index (χ3v) is 1.90. The third-order valence-electron chi connectivity index (χ3n) is 1.90. The topological polar surface area (TPSA) is 70.4 Å². The van der Waals surface area contributed by atoms with Gasteiger partial charge in [0.1, 0.15) is 12.2 Å². The highest BCUT2D eigenvalue weighted by molar-refractivity contribution is 5.93. The molecule has 1 rings (SSSR count). The zero-order valence-corrected chi connectivity index (χ0v) is 9.45. The zero-order chi connectivity index (χ0) is 13.9. The molecule has 0 fully saturated rings. The molecule has 18 heavy (non-hydrogen) atoms. The van der Waals surface area contributed by atoms with Gasteiger partial charge in [-0.15, -0.1) is 0 Å². The van der Waals surface area contributed by atoms with E-state index in [9.17, 15) is 22.8 Å². The molecular weight excluding hydrogens is 257 g/mol. The molecule has 6 nitrogen and oxygen atoms in total. The second-order valence-corrected chi connectivity index (χ2v) is 3.17. The number of carbonyl (C=O) groups is 2. The summed E-state index contributed by atoms with van der Waals surface area (Å²) >= 11 is 0. The summed E-state index contributed by atoms with van der Waals surface area (Å²) in [5.41, 5.74) is -0.877. The van der Waals surface area contributed by atoms with E-state index < -0.39 is 36.0 Å². The first-order valence-corrected chi connectivity index (χ1v) is 4.59. The number of hydrogen-bond donors (Lipinski definition) is 0. The lowest BCUT2D eigenvalue weighted by molar-refractivity contribution is -0.142. The van der Waals surface area contributed by atoms with E-state index in [-0.39, 0.29) is 0 Å². The Hall–Kier alpha value is -2.06. The first kappa shape index (κ1) is 14.0. The molecule has 0 bridgehead atoms. The molecule has 1 heterocycles. The monoisotopic (exact) mass is 266 g/mol. The van der Waals surface area contributed by atoms with Crippen molar-refractivity contribution in [2.75, 3.05) is 14.2 Å². The van der Waals surface area contributed by atoms with E-state index >= 15 is 0 Å². The van der Waals surface area contributed by atoms with Crippen LogP contribution < -0.4 is 0 Å². The van der Waals surface area contributed by atoms with Crippen molar-refractivity contribution in [2.45, 2.75) is 12.7 Å². The smallest absolute Gasteiger partial charge is 0.408 e. The van der Waals surface area contributed by atoms with Crippen LogP contribution in [0.1, 0.15) is 21.0 Å². The number of ether oxygens (including phenoxy) is 2. The zero-order valence-electron chi connectivity index (χ0n) is 9.45. The van der Waals surface area contributed by atoms with E-state index in [2.05, 4.69) is 14.6 Å². The molecule has 0 atom stereocenters. The Morgan fingerprint density at radius 1 is 1.28 bits per heavy atom. The maximum atomic E-state index is 12.3. The van der Waals surface area contributed by atoms with E-state index in [1.807, 2.05) is 0 Å². The van der Waals surface area contributed by atoms with Crippen LogP contribution in [-0.4, -0.2) is 42.1 Å². The molecule has 0 unspecified atom stereocenters. The van der Waals surface area contributed by atoms with Crippen molar-refractivity contribution in [3.63, 3.8) is 0 Å². The van der Waals surface area contributed by atoms with E-state index in [1.165, 1.54) is 0 Å². The van der Waals surface area contributed by atoms with Crippen molar-refractivity contribution in [1.82, 2.24) is 9.78 Å². The van der Waals surface area contributed by atoms with Gasteiger partial charge in [-0.25, -0.2) is 14.3 Å². The quantitative estimate of drug-likeness (QED) is 0.764. The molecule has 0 N–H and O–H groups in total. The fraction of sp³-hybridized carbons (Fsp3) is 0.444. The average Bonchev–Trinajstić information content (AvgIpc) is 2.68. The first-order chi connectivity index (χ1) is 8.28. The minimum Gasteiger partial charge on any atom is -0.464 e. The van der Waals surface area contributed by atoms with Crippen LogP contribution >= 0.6 is 0 Å². The summed E-state index contributed by atoms with van der Waals surface area (Å²) in [5, 5.41) is 3.36. The van der Waals surface area contributed by atoms with Crippen LogP contribution in [0.2, 0.25) is 0 Å². The normalized spacial score (nSPS) is 11.2. The number of carbonyl (C=O) groups excluding carboxylic acids is 2. The van der Waals surface area contributed by atoms with Crippen LogP contribution in [0.4, 0.5) is 13.2 Å². The summed E-state index contributed by atoms with van der Waals surface area (Å²) in [6, 6.07) is 0.878. The van der Waals surface area contributed by atoms with Gasteiger partial charge in [0.2, 0.25) is 0 Å². The lowest BCUT2D eigenvalue weighted by Gasteiger charge is -2.08. The van der Waals surface area contributed by atoms with Gasteiger partial charge in [-0.3, -0.25) is 0 Å². The summed E-state index contributed by atoms with van der Waals surface area (Å²) in [5.74, 6) is -1.97. The van der Waals surface area contributed by atoms with Gasteiger partial charge in [0.05, 0.1) is 14.2 Å². The molecule has 0 aromatic carbocycles. The number of methoxy groups -OCH3 is 2. The minimum atomic E-state index is -4.58. The Balaban J connectivity index is 3.17. The molecule has 0 aliphatic heterocycles.